The second-order valence-corrected chi connectivity index (χ2v) is 7.22. The van der Waals surface area contributed by atoms with Gasteiger partial charge in [0.25, 0.3) is 5.91 Å². The van der Waals surface area contributed by atoms with Gasteiger partial charge in [0.15, 0.2) is 0 Å². The van der Waals surface area contributed by atoms with Gasteiger partial charge in [-0.3, -0.25) is 4.79 Å². The Hall–Kier alpha value is -3.02. The standard InChI is InChI=1S/C20H20N4O2/c25-15-3-1-2-14(12-15)19(26)24-11-10-23(13-20(24)6-7-20)17-5-9-22-18-16(17)4-8-21-18/h1-5,8-9,12,25H,6-7,10-11,13H2,(H,21,22). The van der Waals surface area contributed by atoms with E-state index in [0.29, 0.717) is 12.1 Å². The molecule has 1 aliphatic heterocycles. The zero-order valence-corrected chi connectivity index (χ0v) is 14.4. The number of nitrogens with one attached hydrogen (secondary N) is 1. The Bertz CT molecular complexity index is 992. The molecule has 2 N–H and O–H groups in total. The first-order valence-corrected chi connectivity index (χ1v) is 8.94. The third-order valence-corrected chi connectivity index (χ3v) is 5.59. The highest BCUT2D eigenvalue weighted by Gasteiger charge is 2.53. The number of carbonyl (C=O) groups excluding carboxylic acids is 1. The largest absolute Gasteiger partial charge is 0.508 e. The molecular formula is C20H20N4O2. The molecule has 1 aromatic carbocycles. The van der Waals surface area contributed by atoms with Crippen molar-refractivity contribution in [3.63, 3.8) is 0 Å². The molecule has 1 aliphatic carbocycles. The number of phenolic OH excluding ortho intramolecular Hbond substituents is 1. The molecule has 2 aromatic heterocycles. The lowest BCUT2D eigenvalue weighted by Gasteiger charge is -2.43. The Kier molecular flexibility index (Phi) is 3.22. The van der Waals surface area contributed by atoms with Gasteiger partial charge in [0.2, 0.25) is 0 Å². The van der Waals surface area contributed by atoms with Crippen LogP contribution in [0, 0.1) is 0 Å². The molecule has 0 radical (unpaired) electrons. The van der Waals surface area contributed by atoms with Gasteiger partial charge in [0.1, 0.15) is 11.4 Å². The van der Waals surface area contributed by atoms with E-state index in [9.17, 15) is 9.90 Å². The van der Waals surface area contributed by atoms with Crippen molar-refractivity contribution >= 4 is 22.6 Å². The molecule has 2 fully saturated rings. The van der Waals surface area contributed by atoms with Gasteiger partial charge in [0, 0.05) is 48.7 Å². The number of rotatable bonds is 2. The smallest absolute Gasteiger partial charge is 0.254 e. The number of hydrogen-bond acceptors (Lipinski definition) is 4. The van der Waals surface area contributed by atoms with Gasteiger partial charge in [-0.15, -0.1) is 0 Å². The number of aromatic amines is 1. The Morgan fingerprint density at radius 3 is 2.88 bits per heavy atom. The van der Waals surface area contributed by atoms with Gasteiger partial charge in [-0.25, -0.2) is 4.98 Å². The number of benzene rings is 1. The van der Waals surface area contributed by atoms with Crippen LogP contribution in [0.5, 0.6) is 5.75 Å². The van der Waals surface area contributed by atoms with Crippen LogP contribution in [0.4, 0.5) is 5.69 Å². The third kappa shape index (κ3) is 2.33. The molecule has 0 atom stereocenters. The quantitative estimate of drug-likeness (QED) is 0.747. The number of fused-ring (bicyclic) bond motifs is 1. The fourth-order valence-corrected chi connectivity index (χ4v) is 4.09. The number of phenols is 1. The number of pyridine rings is 1. The van der Waals surface area contributed by atoms with Crippen molar-refractivity contribution < 1.29 is 9.90 Å². The zero-order chi connectivity index (χ0) is 17.7. The van der Waals surface area contributed by atoms with Crippen LogP contribution in [0.15, 0.2) is 48.8 Å². The van der Waals surface area contributed by atoms with Crippen LogP contribution in [0.25, 0.3) is 11.0 Å². The van der Waals surface area contributed by atoms with E-state index in [1.165, 1.54) is 5.69 Å². The first kappa shape index (κ1) is 15.3. The summed E-state index contributed by atoms with van der Waals surface area (Å²) in [5.41, 5.74) is 2.53. The SMILES string of the molecule is O=C(c1cccc(O)c1)N1CCN(c2ccnc3[nH]ccc23)CC12CC2. The monoisotopic (exact) mass is 348 g/mol. The number of amides is 1. The number of hydrogen-bond donors (Lipinski definition) is 2. The van der Waals surface area contributed by atoms with E-state index in [2.05, 4.69) is 27.0 Å². The van der Waals surface area contributed by atoms with E-state index in [0.717, 1.165) is 37.0 Å². The number of anilines is 1. The molecule has 1 amide bonds. The summed E-state index contributed by atoms with van der Waals surface area (Å²) < 4.78 is 0. The minimum atomic E-state index is -0.0906. The van der Waals surface area contributed by atoms with Crippen LogP contribution in [0.2, 0.25) is 0 Å². The van der Waals surface area contributed by atoms with E-state index in [4.69, 9.17) is 0 Å². The third-order valence-electron chi connectivity index (χ3n) is 5.59. The zero-order valence-electron chi connectivity index (χ0n) is 14.4. The van der Waals surface area contributed by atoms with Crippen molar-refractivity contribution in [2.24, 2.45) is 0 Å². The molecule has 1 saturated carbocycles. The summed E-state index contributed by atoms with van der Waals surface area (Å²) >= 11 is 0. The van der Waals surface area contributed by atoms with Gasteiger partial charge >= 0.3 is 0 Å². The predicted molar refractivity (Wildman–Crippen MR) is 99.4 cm³/mol. The number of H-pyrrole nitrogens is 1. The lowest BCUT2D eigenvalue weighted by atomic mass is 10.1. The minimum Gasteiger partial charge on any atom is -0.508 e. The number of piperazine rings is 1. The van der Waals surface area contributed by atoms with E-state index >= 15 is 0 Å². The highest BCUT2D eigenvalue weighted by molar-refractivity contribution is 5.96. The van der Waals surface area contributed by atoms with Gasteiger partial charge in [-0.1, -0.05) is 6.07 Å². The highest BCUT2D eigenvalue weighted by atomic mass is 16.3. The second-order valence-electron chi connectivity index (χ2n) is 7.22. The number of aromatic nitrogens is 2. The van der Waals surface area contributed by atoms with Crippen LogP contribution in [0.3, 0.4) is 0 Å². The first-order valence-electron chi connectivity index (χ1n) is 8.94. The number of aromatic hydroxyl groups is 1. The molecule has 6 nitrogen and oxygen atoms in total. The van der Waals surface area contributed by atoms with Crippen molar-refractivity contribution in [2.45, 2.75) is 18.4 Å². The summed E-state index contributed by atoms with van der Waals surface area (Å²) in [6.45, 7) is 2.31. The van der Waals surface area contributed by atoms with Crippen molar-refractivity contribution in [1.82, 2.24) is 14.9 Å². The lowest BCUT2D eigenvalue weighted by Crippen LogP contribution is -2.57. The molecule has 1 spiro atoms. The Morgan fingerprint density at radius 2 is 2.08 bits per heavy atom. The summed E-state index contributed by atoms with van der Waals surface area (Å²) in [6.07, 6.45) is 5.79. The number of nitrogens with zero attached hydrogens (tertiary/aromatic N) is 3. The molecule has 3 aromatic rings. The fourth-order valence-electron chi connectivity index (χ4n) is 4.09. The normalized spacial score (nSPS) is 18.5. The predicted octanol–water partition coefficient (Wildman–Crippen LogP) is 2.76. The van der Waals surface area contributed by atoms with Gasteiger partial charge in [-0.2, -0.15) is 0 Å². The summed E-state index contributed by atoms with van der Waals surface area (Å²) in [7, 11) is 0. The highest BCUT2D eigenvalue weighted by Crippen LogP contribution is 2.46. The van der Waals surface area contributed by atoms with Crippen LogP contribution in [-0.4, -0.2) is 51.1 Å². The van der Waals surface area contributed by atoms with Gasteiger partial charge in [-0.05, 0) is 43.2 Å². The molecule has 0 unspecified atom stereocenters. The Morgan fingerprint density at radius 1 is 1.19 bits per heavy atom. The molecular weight excluding hydrogens is 328 g/mol. The lowest BCUT2D eigenvalue weighted by molar-refractivity contribution is 0.0624. The van der Waals surface area contributed by atoms with Crippen molar-refractivity contribution in [2.75, 3.05) is 24.5 Å². The Balaban J connectivity index is 1.43. The molecule has 6 heteroatoms. The fraction of sp³-hybridized carbons (Fsp3) is 0.300. The van der Waals surface area contributed by atoms with Gasteiger partial charge in [0.05, 0.1) is 5.54 Å². The van der Waals surface area contributed by atoms with E-state index in [-0.39, 0.29) is 17.2 Å². The van der Waals surface area contributed by atoms with Crippen molar-refractivity contribution in [1.29, 1.82) is 0 Å². The van der Waals surface area contributed by atoms with Crippen molar-refractivity contribution in [3.05, 3.63) is 54.4 Å². The van der Waals surface area contributed by atoms with E-state index < -0.39 is 0 Å². The maximum atomic E-state index is 13.0. The van der Waals surface area contributed by atoms with Gasteiger partial charge < -0.3 is 19.9 Å². The minimum absolute atomic E-state index is 0.0135. The summed E-state index contributed by atoms with van der Waals surface area (Å²) in [4.78, 5) is 24.9. The molecule has 2 aliphatic rings. The summed E-state index contributed by atoms with van der Waals surface area (Å²) in [6, 6.07) is 10.7. The summed E-state index contributed by atoms with van der Waals surface area (Å²) in [5.74, 6) is 0.144. The number of carbonyl (C=O) groups is 1. The topological polar surface area (TPSA) is 72.5 Å². The average molecular weight is 348 g/mol. The second kappa shape index (κ2) is 5.49. The van der Waals surface area contributed by atoms with E-state index in [1.54, 1.807) is 24.3 Å². The van der Waals surface area contributed by atoms with Crippen LogP contribution >= 0.6 is 0 Å². The van der Waals surface area contributed by atoms with Crippen LogP contribution < -0.4 is 4.90 Å². The Labute approximate surface area is 151 Å². The maximum Gasteiger partial charge on any atom is 0.254 e. The maximum absolute atomic E-state index is 13.0. The molecule has 5 rings (SSSR count). The molecule has 1 saturated heterocycles. The summed E-state index contributed by atoms with van der Waals surface area (Å²) in [5, 5.41) is 10.8. The van der Waals surface area contributed by atoms with Crippen LogP contribution in [-0.2, 0) is 0 Å². The van der Waals surface area contributed by atoms with Crippen molar-refractivity contribution in [3.8, 4) is 5.75 Å². The average Bonchev–Trinajstić information content (AvgIpc) is 3.23. The first-order chi connectivity index (χ1) is 12.7. The molecule has 0 bridgehead atoms. The van der Waals surface area contributed by atoms with E-state index in [1.807, 2.05) is 17.3 Å². The molecule has 26 heavy (non-hydrogen) atoms. The molecule has 132 valence electrons. The van der Waals surface area contributed by atoms with Crippen LogP contribution in [0.1, 0.15) is 23.2 Å². The molecule has 3 heterocycles.